The van der Waals surface area contributed by atoms with Gasteiger partial charge in [-0.1, -0.05) is 0 Å². The first kappa shape index (κ1) is 26.1. The maximum Gasteiger partial charge on any atom is 0.514 e. The van der Waals surface area contributed by atoms with E-state index in [1.54, 1.807) is 0 Å². The summed E-state index contributed by atoms with van der Waals surface area (Å²) in [7, 11) is 0. The minimum Gasteiger partial charge on any atom is -0.478 e. The first-order chi connectivity index (χ1) is 17.6. The predicted molar refractivity (Wildman–Crippen MR) is 121 cm³/mol. The molecular formula is C23H16N2O12. The highest BCUT2D eigenvalue weighted by Gasteiger charge is 2.19. The summed E-state index contributed by atoms with van der Waals surface area (Å²) in [6.45, 7) is -0.611. The molecule has 0 fully saturated rings. The number of benzene rings is 3. The Labute approximate surface area is 206 Å². The van der Waals surface area contributed by atoms with Crippen molar-refractivity contribution >= 4 is 29.7 Å². The molecule has 0 heterocycles. The van der Waals surface area contributed by atoms with E-state index in [2.05, 4.69) is 0 Å². The van der Waals surface area contributed by atoms with E-state index in [0.717, 1.165) is 18.2 Å². The van der Waals surface area contributed by atoms with Crippen molar-refractivity contribution in [1.82, 2.24) is 0 Å². The molecule has 0 amide bonds. The number of hydrogen-bond donors (Lipinski definition) is 1. The highest BCUT2D eigenvalue weighted by atomic mass is 16.7. The van der Waals surface area contributed by atoms with Crippen LogP contribution in [0.3, 0.4) is 0 Å². The molecule has 0 aliphatic rings. The Balaban J connectivity index is 1.63. The zero-order valence-electron chi connectivity index (χ0n) is 18.6. The maximum absolute atomic E-state index is 12.1. The van der Waals surface area contributed by atoms with Crippen LogP contribution in [0.5, 0.6) is 11.5 Å². The molecule has 0 aromatic heterocycles. The quantitative estimate of drug-likeness (QED) is 0.181. The second kappa shape index (κ2) is 11.7. The molecule has 0 unspecified atom stereocenters. The lowest BCUT2D eigenvalue weighted by Crippen LogP contribution is -2.15. The summed E-state index contributed by atoms with van der Waals surface area (Å²) >= 11 is 0. The molecule has 0 aliphatic heterocycles. The lowest BCUT2D eigenvalue weighted by Gasteiger charge is -2.12. The Kier molecular flexibility index (Phi) is 8.28. The summed E-state index contributed by atoms with van der Waals surface area (Å²) in [5.74, 6) is -2.16. The minimum absolute atomic E-state index is 0.146. The third-order valence-electron chi connectivity index (χ3n) is 4.58. The lowest BCUT2D eigenvalue weighted by molar-refractivity contribution is -0.385. The number of carboxylic acids is 1. The molecule has 1 N–H and O–H groups in total. The largest absolute Gasteiger partial charge is 0.514 e. The molecule has 37 heavy (non-hydrogen) atoms. The molecule has 190 valence electrons. The number of carboxylic acid groups (broad SMARTS) is 1. The van der Waals surface area contributed by atoms with Gasteiger partial charge in [0.15, 0.2) is 11.5 Å². The fourth-order valence-corrected chi connectivity index (χ4v) is 2.76. The first-order valence-corrected chi connectivity index (χ1v) is 10.2. The number of carbonyl (C=O) groups excluding carboxylic acids is 2. The van der Waals surface area contributed by atoms with Crippen molar-refractivity contribution in [1.29, 1.82) is 0 Å². The van der Waals surface area contributed by atoms with Crippen LogP contribution in [0.2, 0.25) is 0 Å². The average Bonchev–Trinajstić information content (AvgIpc) is 2.87. The van der Waals surface area contributed by atoms with Crippen LogP contribution in [0.15, 0.2) is 66.7 Å². The summed E-state index contributed by atoms with van der Waals surface area (Å²) in [4.78, 5) is 55.8. The fourth-order valence-electron chi connectivity index (χ4n) is 2.76. The van der Waals surface area contributed by atoms with Gasteiger partial charge in [-0.25, -0.2) is 14.4 Å². The summed E-state index contributed by atoms with van der Waals surface area (Å²) < 4.78 is 19.9. The van der Waals surface area contributed by atoms with E-state index in [0.29, 0.717) is 11.1 Å². The number of carbonyl (C=O) groups is 3. The molecular weight excluding hydrogens is 496 g/mol. The minimum atomic E-state index is -1.35. The maximum atomic E-state index is 12.1. The third-order valence-corrected chi connectivity index (χ3v) is 4.58. The third kappa shape index (κ3) is 7.48. The van der Waals surface area contributed by atoms with E-state index in [-0.39, 0.29) is 35.9 Å². The van der Waals surface area contributed by atoms with E-state index in [1.165, 1.54) is 48.5 Å². The van der Waals surface area contributed by atoms with Crippen LogP contribution in [0.1, 0.15) is 21.5 Å². The van der Waals surface area contributed by atoms with Crippen LogP contribution < -0.4 is 9.47 Å². The number of nitro benzene ring substituents is 2. The first-order valence-electron chi connectivity index (χ1n) is 10.2. The number of non-ortho nitro benzene ring substituents is 2. The van der Waals surface area contributed by atoms with Gasteiger partial charge in [0.05, 0.1) is 15.4 Å². The molecule has 14 heteroatoms. The summed E-state index contributed by atoms with van der Waals surface area (Å²) in [6, 6.07) is 13.5. The average molecular weight is 512 g/mol. The van der Waals surface area contributed by atoms with E-state index >= 15 is 0 Å². The Morgan fingerprint density at radius 3 is 1.51 bits per heavy atom. The highest BCUT2D eigenvalue weighted by molar-refractivity contribution is 5.89. The van der Waals surface area contributed by atoms with Gasteiger partial charge in [-0.3, -0.25) is 20.2 Å². The number of ether oxygens (including phenoxy) is 4. The van der Waals surface area contributed by atoms with E-state index in [4.69, 9.17) is 18.9 Å². The smallest absolute Gasteiger partial charge is 0.478 e. The molecule has 0 aliphatic carbocycles. The Hall–Kier alpha value is -5.53. The van der Waals surface area contributed by atoms with Crippen LogP contribution in [0.25, 0.3) is 0 Å². The number of nitrogens with zero attached hydrogens (tertiary/aromatic N) is 2. The topological polar surface area (TPSA) is 195 Å². The van der Waals surface area contributed by atoms with Gasteiger partial charge in [0.25, 0.3) is 11.4 Å². The Bertz CT molecular complexity index is 1340. The van der Waals surface area contributed by atoms with Crippen molar-refractivity contribution in [3.8, 4) is 11.5 Å². The van der Waals surface area contributed by atoms with E-state index in [1.807, 2.05) is 0 Å². The molecule has 3 rings (SSSR count). The molecule has 14 nitrogen and oxygen atoms in total. The number of hydrogen-bond acceptors (Lipinski definition) is 11. The number of aromatic carboxylic acids is 1. The monoisotopic (exact) mass is 512 g/mol. The standard InChI is InChI=1S/C23H16N2O12/c26-21(27)16-5-10-19(36-22(28)34-12-14-1-6-17(7-2-14)24(30)31)20(11-16)37-23(29)35-13-15-3-8-18(9-4-15)25(32)33/h1-11H,12-13H2,(H,26,27). The second-order valence-electron chi connectivity index (χ2n) is 7.10. The van der Waals surface area contributed by atoms with Crippen LogP contribution >= 0.6 is 0 Å². The van der Waals surface area contributed by atoms with Crippen molar-refractivity contribution in [3.63, 3.8) is 0 Å². The number of nitro groups is 2. The molecule has 0 spiro atoms. The van der Waals surface area contributed by atoms with Gasteiger partial charge in [0, 0.05) is 24.3 Å². The molecule has 0 radical (unpaired) electrons. The van der Waals surface area contributed by atoms with Crippen molar-refractivity contribution in [2.75, 3.05) is 0 Å². The van der Waals surface area contributed by atoms with Crippen molar-refractivity contribution in [3.05, 3.63) is 104 Å². The summed E-state index contributed by atoms with van der Waals surface area (Å²) in [5.41, 5.74) is 0.249. The Morgan fingerprint density at radius 1 is 0.676 bits per heavy atom. The van der Waals surface area contributed by atoms with Gasteiger partial charge in [0.1, 0.15) is 13.2 Å². The normalized spacial score (nSPS) is 10.2. The van der Waals surface area contributed by atoms with Gasteiger partial charge in [0.2, 0.25) is 0 Å². The van der Waals surface area contributed by atoms with Crippen LogP contribution in [0, 0.1) is 20.2 Å². The zero-order valence-corrected chi connectivity index (χ0v) is 18.6. The predicted octanol–water partition coefficient (Wildman–Crippen LogP) is 4.63. The van der Waals surface area contributed by atoms with E-state index in [9.17, 15) is 39.7 Å². The van der Waals surface area contributed by atoms with Crippen molar-refractivity contribution in [2.45, 2.75) is 13.2 Å². The second-order valence-corrected chi connectivity index (χ2v) is 7.10. The fraction of sp³-hybridized carbons (Fsp3) is 0.0870. The number of rotatable bonds is 9. The molecule has 3 aromatic rings. The van der Waals surface area contributed by atoms with Gasteiger partial charge in [-0.15, -0.1) is 0 Å². The van der Waals surface area contributed by atoms with Crippen molar-refractivity contribution < 1.29 is 48.3 Å². The molecule has 3 aromatic carbocycles. The van der Waals surface area contributed by atoms with Gasteiger partial charge < -0.3 is 24.1 Å². The lowest BCUT2D eigenvalue weighted by atomic mass is 10.2. The molecule has 0 atom stereocenters. The molecule has 0 saturated carbocycles. The molecule has 0 bridgehead atoms. The van der Waals surface area contributed by atoms with Crippen molar-refractivity contribution in [2.24, 2.45) is 0 Å². The zero-order chi connectivity index (χ0) is 26.9. The summed E-state index contributed by atoms with van der Waals surface area (Å²) in [5, 5.41) is 30.6. The SMILES string of the molecule is O=C(OCc1ccc([N+](=O)[O-])cc1)Oc1ccc(C(=O)O)cc1OC(=O)OCc1ccc([N+](=O)[O-])cc1. The van der Waals surface area contributed by atoms with Gasteiger partial charge in [-0.05, 0) is 53.6 Å². The van der Waals surface area contributed by atoms with Crippen LogP contribution in [-0.2, 0) is 22.7 Å². The van der Waals surface area contributed by atoms with E-state index < -0.39 is 33.9 Å². The van der Waals surface area contributed by atoms with Gasteiger partial charge in [-0.2, -0.15) is 0 Å². The highest BCUT2D eigenvalue weighted by Crippen LogP contribution is 2.30. The summed E-state index contributed by atoms with van der Waals surface area (Å²) in [6.07, 6.45) is -2.50. The van der Waals surface area contributed by atoms with Crippen LogP contribution in [0.4, 0.5) is 21.0 Å². The van der Waals surface area contributed by atoms with Crippen LogP contribution in [-0.4, -0.2) is 33.2 Å². The molecule has 0 saturated heterocycles. The van der Waals surface area contributed by atoms with Gasteiger partial charge >= 0.3 is 18.3 Å². The Morgan fingerprint density at radius 2 is 1.11 bits per heavy atom.